The monoisotopic (exact) mass is 189 g/mol. The first kappa shape index (κ1) is 10.9. The first-order valence-corrected chi connectivity index (χ1v) is 4.95. The maximum atomic E-state index is 13.7. The maximum absolute atomic E-state index is 13.7. The van der Waals surface area contributed by atoms with Crippen molar-refractivity contribution in [1.29, 1.82) is 0 Å². The SMILES string of the molecule is CC(C)N1CC(C)(F)COCC1C. The number of alkyl halides is 1. The molecule has 0 aliphatic carbocycles. The number of nitrogens with zero attached hydrogens (tertiary/aromatic N) is 1. The van der Waals surface area contributed by atoms with Crippen LogP contribution in [-0.4, -0.2) is 42.4 Å². The van der Waals surface area contributed by atoms with Crippen molar-refractivity contribution in [3.63, 3.8) is 0 Å². The summed E-state index contributed by atoms with van der Waals surface area (Å²) in [6, 6.07) is 0.698. The third-order valence-electron chi connectivity index (χ3n) is 2.50. The van der Waals surface area contributed by atoms with E-state index in [1.54, 1.807) is 6.92 Å². The van der Waals surface area contributed by atoms with Gasteiger partial charge in [-0.1, -0.05) is 0 Å². The Bertz CT molecular complexity index is 170. The Kier molecular flexibility index (Phi) is 3.30. The Morgan fingerprint density at radius 3 is 2.69 bits per heavy atom. The zero-order valence-corrected chi connectivity index (χ0v) is 9.01. The van der Waals surface area contributed by atoms with Crippen LogP contribution in [0.1, 0.15) is 27.7 Å². The lowest BCUT2D eigenvalue weighted by molar-refractivity contribution is 0.0440. The average molecular weight is 189 g/mol. The molecule has 1 rings (SSSR count). The molecule has 2 atom stereocenters. The summed E-state index contributed by atoms with van der Waals surface area (Å²) in [5.41, 5.74) is -1.20. The van der Waals surface area contributed by atoms with E-state index in [1.165, 1.54) is 0 Å². The van der Waals surface area contributed by atoms with Gasteiger partial charge < -0.3 is 4.74 Å². The summed E-state index contributed by atoms with van der Waals surface area (Å²) in [7, 11) is 0. The van der Waals surface area contributed by atoms with Crippen LogP contribution in [0.15, 0.2) is 0 Å². The predicted molar refractivity (Wildman–Crippen MR) is 51.6 cm³/mol. The molecule has 0 aromatic rings. The van der Waals surface area contributed by atoms with E-state index in [9.17, 15) is 4.39 Å². The number of halogens is 1. The van der Waals surface area contributed by atoms with E-state index in [1.807, 2.05) is 0 Å². The minimum Gasteiger partial charge on any atom is -0.376 e. The third-order valence-corrected chi connectivity index (χ3v) is 2.50. The Morgan fingerprint density at radius 2 is 2.15 bits per heavy atom. The predicted octanol–water partition coefficient (Wildman–Crippen LogP) is 1.84. The molecule has 2 nitrogen and oxygen atoms in total. The third kappa shape index (κ3) is 2.92. The van der Waals surface area contributed by atoms with E-state index in [0.29, 0.717) is 25.2 Å². The molecule has 3 heteroatoms. The minimum atomic E-state index is -1.20. The average Bonchev–Trinajstić information content (AvgIpc) is 2.10. The number of rotatable bonds is 1. The van der Waals surface area contributed by atoms with E-state index in [4.69, 9.17) is 4.74 Å². The molecule has 13 heavy (non-hydrogen) atoms. The summed E-state index contributed by atoms with van der Waals surface area (Å²) >= 11 is 0. The van der Waals surface area contributed by atoms with E-state index in [2.05, 4.69) is 25.7 Å². The maximum Gasteiger partial charge on any atom is 0.144 e. The zero-order chi connectivity index (χ0) is 10.1. The van der Waals surface area contributed by atoms with Gasteiger partial charge in [0.15, 0.2) is 0 Å². The van der Waals surface area contributed by atoms with Crippen LogP contribution in [0.25, 0.3) is 0 Å². The van der Waals surface area contributed by atoms with Crippen LogP contribution in [0, 0.1) is 0 Å². The van der Waals surface area contributed by atoms with Crippen LogP contribution in [-0.2, 0) is 4.74 Å². The molecule has 1 heterocycles. The highest BCUT2D eigenvalue weighted by molar-refractivity contribution is 4.85. The van der Waals surface area contributed by atoms with Gasteiger partial charge in [0.25, 0.3) is 0 Å². The van der Waals surface area contributed by atoms with Gasteiger partial charge in [-0.2, -0.15) is 0 Å². The molecule has 1 saturated heterocycles. The quantitative estimate of drug-likeness (QED) is 0.624. The van der Waals surface area contributed by atoms with Gasteiger partial charge >= 0.3 is 0 Å². The lowest BCUT2D eigenvalue weighted by atomic mass is 10.1. The molecule has 0 spiro atoms. The summed E-state index contributed by atoms with van der Waals surface area (Å²) in [6.07, 6.45) is 0. The molecule has 1 aliphatic heterocycles. The van der Waals surface area contributed by atoms with Crippen LogP contribution in [0.3, 0.4) is 0 Å². The van der Waals surface area contributed by atoms with E-state index < -0.39 is 5.67 Å². The molecule has 0 aromatic heterocycles. The van der Waals surface area contributed by atoms with E-state index in [0.717, 1.165) is 0 Å². The van der Waals surface area contributed by atoms with Gasteiger partial charge in [0, 0.05) is 18.6 Å². The Morgan fingerprint density at radius 1 is 1.54 bits per heavy atom. The standard InChI is InChI=1S/C10H20FNO/c1-8(2)12-6-10(4,11)7-13-5-9(12)3/h8-9H,5-7H2,1-4H3. The van der Waals surface area contributed by atoms with Gasteiger partial charge in [-0.3, -0.25) is 4.90 Å². The highest BCUT2D eigenvalue weighted by Gasteiger charge is 2.33. The summed E-state index contributed by atoms with van der Waals surface area (Å²) in [5, 5.41) is 0. The fraction of sp³-hybridized carbons (Fsp3) is 1.00. The summed E-state index contributed by atoms with van der Waals surface area (Å²) < 4.78 is 19.0. The highest BCUT2D eigenvalue weighted by Crippen LogP contribution is 2.20. The van der Waals surface area contributed by atoms with Gasteiger partial charge in [-0.15, -0.1) is 0 Å². The van der Waals surface area contributed by atoms with Crippen LogP contribution in [0.5, 0.6) is 0 Å². The van der Waals surface area contributed by atoms with Gasteiger partial charge in [0.05, 0.1) is 13.2 Å². The lowest BCUT2D eigenvalue weighted by Crippen LogP contribution is -2.45. The van der Waals surface area contributed by atoms with Crippen molar-refractivity contribution in [2.75, 3.05) is 19.8 Å². The Hall–Kier alpha value is -0.150. The number of ether oxygens (including phenoxy) is 1. The summed E-state index contributed by atoms with van der Waals surface area (Å²) in [4.78, 5) is 2.16. The second kappa shape index (κ2) is 3.93. The number of hydrogen-bond donors (Lipinski definition) is 0. The zero-order valence-electron chi connectivity index (χ0n) is 9.01. The lowest BCUT2D eigenvalue weighted by Gasteiger charge is -2.32. The van der Waals surface area contributed by atoms with Crippen LogP contribution >= 0.6 is 0 Å². The van der Waals surface area contributed by atoms with Gasteiger partial charge in [-0.05, 0) is 27.7 Å². The first-order chi connectivity index (χ1) is 5.92. The second-order valence-corrected chi connectivity index (χ2v) is 4.54. The van der Waals surface area contributed by atoms with Gasteiger partial charge in [-0.25, -0.2) is 4.39 Å². The molecule has 78 valence electrons. The fourth-order valence-corrected chi connectivity index (χ4v) is 1.81. The molecule has 0 amide bonds. The molecule has 0 bridgehead atoms. The van der Waals surface area contributed by atoms with Crippen LogP contribution in [0.4, 0.5) is 4.39 Å². The molecule has 2 unspecified atom stereocenters. The molecule has 0 radical (unpaired) electrons. The van der Waals surface area contributed by atoms with Crippen molar-refractivity contribution >= 4 is 0 Å². The van der Waals surface area contributed by atoms with Crippen molar-refractivity contribution in [1.82, 2.24) is 4.90 Å². The molecule has 0 saturated carbocycles. The topological polar surface area (TPSA) is 12.5 Å². The largest absolute Gasteiger partial charge is 0.376 e. The Labute approximate surface area is 80.1 Å². The molecule has 0 aromatic carbocycles. The smallest absolute Gasteiger partial charge is 0.144 e. The van der Waals surface area contributed by atoms with Crippen LogP contribution in [0.2, 0.25) is 0 Å². The summed E-state index contributed by atoms with van der Waals surface area (Å²) in [5.74, 6) is 0. The second-order valence-electron chi connectivity index (χ2n) is 4.54. The van der Waals surface area contributed by atoms with Crippen molar-refractivity contribution in [3.05, 3.63) is 0 Å². The fourth-order valence-electron chi connectivity index (χ4n) is 1.81. The van der Waals surface area contributed by atoms with Crippen molar-refractivity contribution in [2.45, 2.75) is 45.4 Å². The van der Waals surface area contributed by atoms with Crippen molar-refractivity contribution in [2.24, 2.45) is 0 Å². The van der Waals surface area contributed by atoms with Crippen LogP contribution < -0.4 is 0 Å². The normalized spacial score (nSPS) is 37.8. The number of hydrogen-bond acceptors (Lipinski definition) is 2. The van der Waals surface area contributed by atoms with Gasteiger partial charge in [0.1, 0.15) is 5.67 Å². The van der Waals surface area contributed by atoms with Gasteiger partial charge in [0.2, 0.25) is 0 Å². The molecular weight excluding hydrogens is 169 g/mol. The Balaban J connectivity index is 2.67. The minimum absolute atomic E-state index is 0.223. The molecular formula is C10H20FNO. The summed E-state index contributed by atoms with van der Waals surface area (Å²) in [6.45, 7) is 9.22. The van der Waals surface area contributed by atoms with Crippen molar-refractivity contribution < 1.29 is 9.13 Å². The van der Waals surface area contributed by atoms with E-state index in [-0.39, 0.29) is 6.61 Å². The molecule has 1 fully saturated rings. The molecule has 0 N–H and O–H groups in total. The highest BCUT2D eigenvalue weighted by atomic mass is 19.1. The van der Waals surface area contributed by atoms with Crippen molar-refractivity contribution in [3.8, 4) is 0 Å². The molecule has 1 aliphatic rings. The first-order valence-electron chi connectivity index (χ1n) is 4.95. The van der Waals surface area contributed by atoms with E-state index >= 15 is 0 Å².